The topological polar surface area (TPSA) is 89.6 Å². The van der Waals surface area contributed by atoms with E-state index in [1.165, 1.54) is 26.2 Å². The fourth-order valence-corrected chi connectivity index (χ4v) is 3.28. The van der Waals surface area contributed by atoms with Gasteiger partial charge in [-0.25, -0.2) is 8.42 Å². The summed E-state index contributed by atoms with van der Waals surface area (Å²) in [6.07, 6.45) is 0. The predicted molar refractivity (Wildman–Crippen MR) is 66.1 cm³/mol. The Balaban J connectivity index is 3.38. The van der Waals surface area contributed by atoms with Crippen molar-refractivity contribution in [3.63, 3.8) is 0 Å². The monoisotopic (exact) mass is 279 g/mol. The molecule has 1 atom stereocenters. The molecular weight excluding hydrogens is 266 g/mol. The van der Waals surface area contributed by atoms with Crippen molar-refractivity contribution in [1.29, 1.82) is 0 Å². The predicted octanol–water partition coefficient (Wildman–Crippen LogP) is 1.44. The van der Waals surface area contributed by atoms with Crippen molar-refractivity contribution in [2.24, 2.45) is 0 Å². The van der Waals surface area contributed by atoms with Crippen molar-refractivity contribution < 1.29 is 18.3 Å². The van der Waals surface area contributed by atoms with Crippen molar-refractivity contribution in [3.05, 3.63) is 17.2 Å². The number of hydrogen-bond donors (Lipinski definition) is 2. The van der Waals surface area contributed by atoms with E-state index >= 15 is 0 Å². The molecule has 0 fully saturated rings. The number of halogens is 1. The molecule has 0 aromatic heterocycles. The van der Waals surface area contributed by atoms with Gasteiger partial charge in [-0.1, -0.05) is 11.6 Å². The smallest absolute Gasteiger partial charge is 0.188 e. The number of phenolic OH excluding ortho intramolecular Hbond substituents is 1. The van der Waals surface area contributed by atoms with Gasteiger partial charge in [-0.05, 0) is 19.1 Å². The molecule has 0 amide bonds. The van der Waals surface area contributed by atoms with E-state index < -0.39 is 20.8 Å². The molecule has 5 nitrogen and oxygen atoms in total. The maximum atomic E-state index is 12.1. The first kappa shape index (κ1) is 14.1. The van der Waals surface area contributed by atoms with Crippen LogP contribution in [0, 0.1) is 0 Å². The molecule has 0 aliphatic carbocycles. The van der Waals surface area contributed by atoms with Gasteiger partial charge in [-0.3, -0.25) is 0 Å². The Kier molecular flexibility index (Phi) is 4.24. The zero-order valence-electron chi connectivity index (χ0n) is 9.47. The normalized spacial score (nSPS) is 13.6. The Labute approximate surface area is 105 Å². The number of benzene rings is 1. The van der Waals surface area contributed by atoms with Crippen LogP contribution >= 0.6 is 11.6 Å². The zero-order chi connectivity index (χ0) is 13.2. The number of methoxy groups -OCH3 is 1. The van der Waals surface area contributed by atoms with Gasteiger partial charge in [0.2, 0.25) is 0 Å². The van der Waals surface area contributed by atoms with Crippen LogP contribution in [-0.2, 0) is 14.6 Å². The van der Waals surface area contributed by atoms with Crippen LogP contribution in [0.15, 0.2) is 17.0 Å². The molecule has 96 valence electrons. The summed E-state index contributed by atoms with van der Waals surface area (Å²) in [5, 5.41) is 8.82. The summed E-state index contributed by atoms with van der Waals surface area (Å²) in [4.78, 5) is -0.344. The van der Waals surface area contributed by atoms with Crippen molar-refractivity contribution >= 4 is 27.1 Å². The van der Waals surface area contributed by atoms with Gasteiger partial charge >= 0.3 is 0 Å². The minimum absolute atomic E-state index is 0.00685. The first-order chi connectivity index (χ1) is 7.82. The van der Waals surface area contributed by atoms with E-state index in [1.807, 2.05) is 0 Å². The summed E-state index contributed by atoms with van der Waals surface area (Å²) in [5.41, 5.74) is 5.43. The number of hydrogen-bond acceptors (Lipinski definition) is 5. The molecule has 1 unspecified atom stereocenters. The Morgan fingerprint density at radius 1 is 1.53 bits per heavy atom. The van der Waals surface area contributed by atoms with Gasteiger partial charge in [0.05, 0.1) is 22.6 Å². The highest BCUT2D eigenvalue weighted by molar-refractivity contribution is 7.92. The highest BCUT2D eigenvalue weighted by atomic mass is 35.5. The van der Waals surface area contributed by atoms with Crippen molar-refractivity contribution in [3.8, 4) is 5.75 Å². The van der Waals surface area contributed by atoms with Gasteiger partial charge in [0.15, 0.2) is 15.6 Å². The van der Waals surface area contributed by atoms with Crippen LogP contribution in [0.2, 0.25) is 5.02 Å². The number of nitrogen functional groups attached to an aromatic ring is 1. The Bertz CT molecular complexity index is 515. The van der Waals surface area contributed by atoms with Crippen molar-refractivity contribution in [2.45, 2.75) is 17.1 Å². The van der Waals surface area contributed by atoms with Gasteiger partial charge in [-0.15, -0.1) is 0 Å². The van der Waals surface area contributed by atoms with E-state index in [0.717, 1.165) is 0 Å². The second-order valence-electron chi connectivity index (χ2n) is 3.63. The van der Waals surface area contributed by atoms with Gasteiger partial charge in [-0.2, -0.15) is 0 Å². The summed E-state index contributed by atoms with van der Waals surface area (Å²) in [5.74, 6) is -0.513. The molecule has 0 spiro atoms. The molecule has 0 heterocycles. The second kappa shape index (κ2) is 5.12. The molecule has 1 aromatic rings. The quantitative estimate of drug-likeness (QED) is 0.643. The third kappa shape index (κ3) is 2.65. The van der Waals surface area contributed by atoms with Crippen LogP contribution in [0.3, 0.4) is 0 Å². The highest BCUT2D eigenvalue weighted by Crippen LogP contribution is 2.37. The lowest BCUT2D eigenvalue weighted by molar-refractivity contribution is 0.200. The molecule has 3 N–H and O–H groups in total. The number of phenols is 1. The molecule has 7 heteroatoms. The highest BCUT2D eigenvalue weighted by Gasteiger charge is 2.29. The van der Waals surface area contributed by atoms with E-state index in [4.69, 9.17) is 22.1 Å². The first-order valence-electron chi connectivity index (χ1n) is 4.82. The van der Waals surface area contributed by atoms with Crippen LogP contribution in [0.5, 0.6) is 5.75 Å². The Morgan fingerprint density at radius 2 is 2.12 bits per heavy atom. The average Bonchev–Trinajstić information content (AvgIpc) is 2.24. The van der Waals surface area contributed by atoms with Crippen LogP contribution in [0.1, 0.15) is 6.92 Å². The minimum atomic E-state index is -3.77. The molecule has 0 aliphatic rings. The van der Waals surface area contributed by atoms with E-state index in [1.54, 1.807) is 0 Å². The molecule has 0 radical (unpaired) electrons. The van der Waals surface area contributed by atoms with Crippen LogP contribution in [0.4, 0.5) is 5.69 Å². The molecule has 17 heavy (non-hydrogen) atoms. The number of sulfone groups is 1. The first-order valence-corrected chi connectivity index (χ1v) is 6.74. The molecule has 0 bridgehead atoms. The van der Waals surface area contributed by atoms with Crippen LogP contribution < -0.4 is 5.73 Å². The van der Waals surface area contributed by atoms with Gasteiger partial charge in [0.25, 0.3) is 0 Å². The molecule has 0 saturated carbocycles. The number of nitrogens with two attached hydrogens (primary N) is 1. The molecule has 1 aromatic carbocycles. The zero-order valence-corrected chi connectivity index (χ0v) is 11.0. The van der Waals surface area contributed by atoms with E-state index in [-0.39, 0.29) is 22.2 Å². The standard InChI is InChI=1S/C10H14ClNO4S/c1-6(5-16-2)17(14,15)10-7(11)3-4-8(12)9(10)13/h3-4,6,13H,5,12H2,1-2H3. The summed E-state index contributed by atoms with van der Waals surface area (Å²) in [7, 11) is -2.38. The molecular formula is C10H14ClNO4S. The summed E-state index contributed by atoms with van der Waals surface area (Å²) < 4.78 is 29.1. The largest absolute Gasteiger partial charge is 0.504 e. The number of anilines is 1. The lowest BCUT2D eigenvalue weighted by Crippen LogP contribution is -2.23. The van der Waals surface area contributed by atoms with Gasteiger partial charge in [0.1, 0.15) is 4.90 Å². The summed E-state index contributed by atoms with van der Waals surface area (Å²) in [6.45, 7) is 1.48. The van der Waals surface area contributed by atoms with E-state index in [2.05, 4.69) is 0 Å². The fourth-order valence-electron chi connectivity index (χ4n) is 1.36. The molecule has 0 aliphatic heterocycles. The summed E-state index contributed by atoms with van der Waals surface area (Å²) in [6, 6.07) is 2.68. The maximum absolute atomic E-state index is 12.1. The molecule has 0 saturated heterocycles. The number of aromatic hydroxyl groups is 1. The van der Waals surface area contributed by atoms with E-state index in [9.17, 15) is 13.5 Å². The third-order valence-corrected chi connectivity index (χ3v) is 4.94. The molecule has 1 rings (SSSR count). The van der Waals surface area contributed by atoms with Crippen LogP contribution in [-0.4, -0.2) is 32.5 Å². The maximum Gasteiger partial charge on any atom is 0.188 e. The Morgan fingerprint density at radius 3 is 2.65 bits per heavy atom. The average molecular weight is 280 g/mol. The minimum Gasteiger partial charge on any atom is -0.504 e. The second-order valence-corrected chi connectivity index (χ2v) is 6.34. The fraction of sp³-hybridized carbons (Fsp3) is 0.400. The third-order valence-electron chi connectivity index (χ3n) is 2.33. The SMILES string of the molecule is COCC(C)S(=O)(=O)c1c(Cl)ccc(N)c1O. The Hall–Kier alpha value is -0.980. The van der Waals surface area contributed by atoms with E-state index in [0.29, 0.717) is 0 Å². The number of rotatable bonds is 4. The van der Waals surface area contributed by atoms with Gasteiger partial charge < -0.3 is 15.6 Å². The number of ether oxygens (including phenoxy) is 1. The van der Waals surface area contributed by atoms with Crippen molar-refractivity contribution in [1.82, 2.24) is 0 Å². The van der Waals surface area contributed by atoms with Gasteiger partial charge in [0, 0.05) is 7.11 Å². The lowest BCUT2D eigenvalue weighted by Gasteiger charge is -2.15. The summed E-state index contributed by atoms with van der Waals surface area (Å²) >= 11 is 5.79. The van der Waals surface area contributed by atoms with Crippen LogP contribution in [0.25, 0.3) is 0 Å². The lowest BCUT2D eigenvalue weighted by atomic mass is 10.3. The van der Waals surface area contributed by atoms with Crippen molar-refractivity contribution in [2.75, 3.05) is 19.5 Å².